The first-order chi connectivity index (χ1) is 9.79. The van der Waals surface area contributed by atoms with Gasteiger partial charge in [-0.05, 0) is 46.7 Å². The third-order valence-electron chi connectivity index (χ3n) is 3.62. The van der Waals surface area contributed by atoms with Crippen molar-refractivity contribution in [1.29, 1.82) is 0 Å². The van der Waals surface area contributed by atoms with Gasteiger partial charge < -0.3 is 5.73 Å². The molecule has 112 valence electrons. The van der Waals surface area contributed by atoms with Crippen LogP contribution in [0.2, 0.25) is 0 Å². The van der Waals surface area contributed by atoms with E-state index in [1.807, 2.05) is 24.3 Å². The third kappa shape index (κ3) is 3.67. The highest BCUT2D eigenvalue weighted by molar-refractivity contribution is 5.36. The molecule has 0 spiro atoms. The van der Waals surface area contributed by atoms with Gasteiger partial charge in [0.25, 0.3) is 0 Å². The molecule has 0 fully saturated rings. The molecule has 0 radical (unpaired) electrons. The summed E-state index contributed by atoms with van der Waals surface area (Å²) in [6.07, 6.45) is 0.274. The lowest BCUT2D eigenvalue weighted by atomic mass is 9.81. The van der Waals surface area contributed by atoms with Crippen LogP contribution in [0.5, 0.6) is 0 Å². The van der Waals surface area contributed by atoms with Crippen LogP contribution in [-0.4, -0.2) is 0 Å². The van der Waals surface area contributed by atoms with E-state index in [0.717, 1.165) is 23.3 Å². The molecule has 1 nitrogen and oxygen atoms in total. The normalized spacial score (nSPS) is 13.2. The summed E-state index contributed by atoms with van der Waals surface area (Å²) in [7, 11) is 0. The van der Waals surface area contributed by atoms with Gasteiger partial charge in [-0.25, -0.2) is 8.78 Å². The summed E-state index contributed by atoms with van der Waals surface area (Å²) in [5, 5.41) is 0. The molecule has 21 heavy (non-hydrogen) atoms. The van der Waals surface area contributed by atoms with Crippen LogP contribution in [0.15, 0.2) is 42.5 Å². The summed E-state index contributed by atoms with van der Waals surface area (Å²) in [6, 6.07) is 11.0. The number of benzene rings is 2. The van der Waals surface area contributed by atoms with Gasteiger partial charge in [0.05, 0.1) is 0 Å². The highest BCUT2D eigenvalue weighted by atomic mass is 19.1. The molecule has 0 aliphatic rings. The van der Waals surface area contributed by atoms with Crippen LogP contribution in [0.25, 0.3) is 0 Å². The van der Waals surface area contributed by atoms with E-state index in [9.17, 15) is 8.78 Å². The van der Waals surface area contributed by atoms with Crippen LogP contribution in [0.1, 0.15) is 43.5 Å². The Labute approximate surface area is 124 Å². The average Bonchev–Trinajstić information content (AvgIpc) is 2.42. The van der Waals surface area contributed by atoms with Crippen LogP contribution in [0, 0.1) is 11.6 Å². The second-order valence-electron chi connectivity index (χ2n) is 6.38. The molecule has 1 atom stereocenters. The second-order valence-corrected chi connectivity index (χ2v) is 6.38. The summed E-state index contributed by atoms with van der Waals surface area (Å²) in [6.45, 7) is 6.34. The van der Waals surface area contributed by atoms with Crippen molar-refractivity contribution in [2.75, 3.05) is 0 Å². The Hall–Kier alpha value is -1.74. The number of halogens is 2. The van der Waals surface area contributed by atoms with Crippen LogP contribution in [-0.2, 0) is 11.8 Å². The summed E-state index contributed by atoms with van der Waals surface area (Å²) >= 11 is 0. The van der Waals surface area contributed by atoms with Crippen molar-refractivity contribution < 1.29 is 8.78 Å². The van der Waals surface area contributed by atoms with Crippen LogP contribution < -0.4 is 5.73 Å². The largest absolute Gasteiger partial charge is 0.324 e. The molecule has 0 heterocycles. The average molecular weight is 289 g/mol. The molecule has 0 saturated carbocycles. The first-order valence-electron chi connectivity index (χ1n) is 7.08. The highest BCUT2D eigenvalue weighted by Crippen LogP contribution is 2.30. The Morgan fingerprint density at radius 3 is 2.38 bits per heavy atom. The fourth-order valence-corrected chi connectivity index (χ4v) is 2.55. The zero-order chi connectivity index (χ0) is 15.6. The van der Waals surface area contributed by atoms with Gasteiger partial charge in [0.2, 0.25) is 0 Å². The Morgan fingerprint density at radius 1 is 1.05 bits per heavy atom. The molecule has 0 bridgehead atoms. The zero-order valence-electron chi connectivity index (χ0n) is 12.7. The van der Waals surface area contributed by atoms with Gasteiger partial charge in [0, 0.05) is 6.04 Å². The third-order valence-corrected chi connectivity index (χ3v) is 3.62. The van der Waals surface area contributed by atoms with E-state index in [2.05, 4.69) is 20.8 Å². The van der Waals surface area contributed by atoms with Crippen molar-refractivity contribution in [3.63, 3.8) is 0 Å². The first-order valence-corrected chi connectivity index (χ1v) is 7.08. The summed E-state index contributed by atoms with van der Waals surface area (Å²) in [5.74, 6) is -0.859. The fourth-order valence-electron chi connectivity index (χ4n) is 2.55. The quantitative estimate of drug-likeness (QED) is 0.884. The van der Waals surface area contributed by atoms with Gasteiger partial charge in [-0.1, -0.05) is 45.0 Å². The molecule has 0 aliphatic heterocycles. The smallest absolute Gasteiger partial charge is 0.126 e. The second kappa shape index (κ2) is 5.94. The van der Waals surface area contributed by atoms with Crippen molar-refractivity contribution in [2.45, 2.75) is 38.6 Å². The molecule has 2 aromatic carbocycles. The molecule has 1 unspecified atom stereocenters. The lowest BCUT2D eigenvalue weighted by Gasteiger charge is -2.26. The minimum absolute atomic E-state index is 0.0469. The molecule has 0 amide bonds. The summed E-state index contributed by atoms with van der Waals surface area (Å²) in [4.78, 5) is 0. The van der Waals surface area contributed by atoms with Crippen molar-refractivity contribution in [1.82, 2.24) is 0 Å². The lowest BCUT2D eigenvalue weighted by molar-refractivity contribution is 0.554. The van der Waals surface area contributed by atoms with Gasteiger partial charge >= 0.3 is 0 Å². The fraction of sp³-hybridized carbons (Fsp3) is 0.333. The minimum atomic E-state index is -0.442. The Kier molecular flexibility index (Phi) is 4.43. The monoisotopic (exact) mass is 289 g/mol. The minimum Gasteiger partial charge on any atom is -0.324 e. The van der Waals surface area contributed by atoms with Gasteiger partial charge in [-0.2, -0.15) is 0 Å². The Balaban J connectivity index is 2.33. The number of rotatable bonds is 3. The molecule has 2 N–H and O–H groups in total. The maximum atomic E-state index is 13.8. The van der Waals surface area contributed by atoms with Crippen molar-refractivity contribution in [3.8, 4) is 0 Å². The SMILES string of the molecule is CC(C)(C)c1ccccc1C(N)Cc1cc(F)ccc1F. The molecule has 0 saturated heterocycles. The van der Waals surface area contributed by atoms with E-state index in [4.69, 9.17) is 5.73 Å². The van der Waals surface area contributed by atoms with E-state index in [0.29, 0.717) is 5.56 Å². The molecule has 0 aromatic heterocycles. The predicted molar refractivity (Wildman–Crippen MR) is 82.1 cm³/mol. The predicted octanol–water partition coefficient (Wildman–Crippen LogP) is 4.50. The Morgan fingerprint density at radius 2 is 1.71 bits per heavy atom. The maximum Gasteiger partial charge on any atom is 0.126 e. The lowest BCUT2D eigenvalue weighted by Crippen LogP contribution is -2.21. The zero-order valence-corrected chi connectivity index (χ0v) is 12.7. The molecule has 2 rings (SSSR count). The number of hydrogen-bond acceptors (Lipinski definition) is 1. The molecule has 3 heteroatoms. The van der Waals surface area contributed by atoms with E-state index in [-0.39, 0.29) is 17.9 Å². The molecule has 2 aromatic rings. The number of hydrogen-bond donors (Lipinski definition) is 1. The van der Waals surface area contributed by atoms with Crippen LogP contribution in [0.3, 0.4) is 0 Å². The molecule has 0 aliphatic carbocycles. The van der Waals surface area contributed by atoms with E-state index in [1.165, 1.54) is 6.07 Å². The topological polar surface area (TPSA) is 26.0 Å². The van der Waals surface area contributed by atoms with Crippen LogP contribution >= 0.6 is 0 Å². The van der Waals surface area contributed by atoms with Crippen molar-refractivity contribution in [3.05, 3.63) is 70.8 Å². The van der Waals surface area contributed by atoms with Gasteiger partial charge in [-0.15, -0.1) is 0 Å². The standard InChI is InChI=1S/C18H21F2N/c1-18(2,3)15-7-5-4-6-14(15)17(21)11-12-10-13(19)8-9-16(12)20/h4-10,17H,11,21H2,1-3H3. The number of nitrogens with two attached hydrogens (primary N) is 1. The van der Waals surface area contributed by atoms with Gasteiger partial charge in [0.15, 0.2) is 0 Å². The Bertz CT molecular complexity index is 629. The van der Waals surface area contributed by atoms with E-state index < -0.39 is 11.6 Å². The summed E-state index contributed by atoms with van der Waals surface area (Å²) in [5.41, 5.74) is 8.63. The van der Waals surface area contributed by atoms with E-state index >= 15 is 0 Å². The first kappa shape index (κ1) is 15.6. The van der Waals surface area contributed by atoms with Gasteiger partial charge in [0.1, 0.15) is 11.6 Å². The molecular formula is C18H21F2N. The maximum absolute atomic E-state index is 13.8. The van der Waals surface area contributed by atoms with Crippen molar-refractivity contribution >= 4 is 0 Å². The van der Waals surface area contributed by atoms with Crippen molar-refractivity contribution in [2.24, 2.45) is 5.73 Å². The van der Waals surface area contributed by atoms with Gasteiger partial charge in [-0.3, -0.25) is 0 Å². The van der Waals surface area contributed by atoms with Crippen LogP contribution in [0.4, 0.5) is 8.78 Å². The summed E-state index contributed by atoms with van der Waals surface area (Å²) < 4.78 is 27.0. The molecular weight excluding hydrogens is 268 g/mol. The highest BCUT2D eigenvalue weighted by Gasteiger charge is 2.21. The van der Waals surface area contributed by atoms with E-state index in [1.54, 1.807) is 0 Å².